The normalized spacial score (nSPS) is 16.6. The molecule has 15 heavy (non-hydrogen) atoms. The van der Waals surface area contributed by atoms with Crippen molar-refractivity contribution in [2.24, 2.45) is 0 Å². The van der Waals surface area contributed by atoms with Crippen molar-refractivity contribution in [1.29, 1.82) is 0 Å². The number of hydrogen-bond acceptors (Lipinski definition) is 1. The third-order valence-corrected chi connectivity index (χ3v) is 3.25. The molecule has 0 saturated heterocycles. The Morgan fingerprint density at radius 3 is 2.67 bits per heavy atom. The van der Waals surface area contributed by atoms with E-state index in [9.17, 15) is 0 Å². The van der Waals surface area contributed by atoms with Gasteiger partial charge in [-0.15, -0.1) is 0 Å². The SMILES string of the molecule is ClC1=CCCC(Cl)=C1c1cccnc1Cl. The van der Waals surface area contributed by atoms with Crippen LogP contribution in [-0.2, 0) is 0 Å². The van der Waals surface area contributed by atoms with E-state index in [0.29, 0.717) is 10.2 Å². The van der Waals surface area contributed by atoms with E-state index in [0.717, 1.165) is 29.0 Å². The van der Waals surface area contributed by atoms with E-state index in [-0.39, 0.29) is 0 Å². The van der Waals surface area contributed by atoms with E-state index in [1.807, 2.05) is 18.2 Å². The molecule has 0 atom stereocenters. The summed E-state index contributed by atoms with van der Waals surface area (Å²) in [5, 5.41) is 1.83. The summed E-state index contributed by atoms with van der Waals surface area (Å²) < 4.78 is 0. The minimum absolute atomic E-state index is 0.430. The predicted octanol–water partition coefficient (Wildman–Crippen LogP) is 4.60. The minimum atomic E-state index is 0.430. The summed E-state index contributed by atoms with van der Waals surface area (Å²) in [6.07, 6.45) is 5.27. The maximum atomic E-state index is 6.15. The zero-order chi connectivity index (χ0) is 10.8. The Kier molecular flexibility index (Phi) is 3.35. The molecular formula is C11H8Cl3N. The van der Waals surface area contributed by atoms with Gasteiger partial charge in [0.25, 0.3) is 0 Å². The Hall–Kier alpha value is -0.500. The molecule has 0 saturated carbocycles. The van der Waals surface area contributed by atoms with Crippen LogP contribution in [0.1, 0.15) is 18.4 Å². The molecule has 2 rings (SSSR count). The molecule has 1 heterocycles. The quantitative estimate of drug-likeness (QED) is 0.672. The van der Waals surface area contributed by atoms with E-state index in [2.05, 4.69) is 4.98 Å². The van der Waals surface area contributed by atoms with Crippen LogP contribution in [0.2, 0.25) is 5.15 Å². The fourth-order valence-electron chi connectivity index (χ4n) is 1.53. The number of halogens is 3. The van der Waals surface area contributed by atoms with Crippen molar-refractivity contribution in [3.63, 3.8) is 0 Å². The maximum Gasteiger partial charge on any atom is 0.136 e. The summed E-state index contributed by atoms with van der Waals surface area (Å²) in [6.45, 7) is 0. The molecule has 78 valence electrons. The highest BCUT2D eigenvalue weighted by Crippen LogP contribution is 2.39. The zero-order valence-electron chi connectivity index (χ0n) is 7.80. The highest BCUT2D eigenvalue weighted by molar-refractivity contribution is 6.43. The van der Waals surface area contributed by atoms with E-state index < -0.39 is 0 Å². The molecule has 1 nitrogen and oxygen atoms in total. The van der Waals surface area contributed by atoms with Crippen molar-refractivity contribution < 1.29 is 0 Å². The van der Waals surface area contributed by atoms with Crippen LogP contribution >= 0.6 is 34.8 Å². The van der Waals surface area contributed by atoms with Gasteiger partial charge in [-0.2, -0.15) is 0 Å². The standard InChI is InChI=1S/C11H8Cl3N/c12-8-4-1-5-9(13)10(8)7-3-2-6-15-11(7)14/h2-4,6H,1,5H2. The van der Waals surface area contributed by atoms with E-state index in [4.69, 9.17) is 34.8 Å². The van der Waals surface area contributed by atoms with Crippen LogP contribution in [0.25, 0.3) is 5.57 Å². The van der Waals surface area contributed by atoms with Crippen molar-refractivity contribution in [1.82, 2.24) is 4.98 Å². The summed E-state index contributed by atoms with van der Waals surface area (Å²) >= 11 is 18.3. The third kappa shape index (κ3) is 2.20. The second kappa shape index (κ2) is 4.56. The molecule has 1 aromatic rings. The number of rotatable bonds is 1. The summed E-state index contributed by atoms with van der Waals surface area (Å²) in [5.41, 5.74) is 1.60. The molecule has 4 heteroatoms. The summed E-state index contributed by atoms with van der Waals surface area (Å²) in [6, 6.07) is 3.69. The van der Waals surface area contributed by atoms with E-state index in [1.165, 1.54) is 0 Å². The summed E-state index contributed by atoms with van der Waals surface area (Å²) in [4.78, 5) is 4.01. The van der Waals surface area contributed by atoms with Crippen LogP contribution in [0.5, 0.6) is 0 Å². The van der Waals surface area contributed by atoms with Crippen LogP contribution in [0, 0.1) is 0 Å². The van der Waals surface area contributed by atoms with Gasteiger partial charge in [0.15, 0.2) is 0 Å². The second-order valence-corrected chi connectivity index (χ2v) is 4.43. The number of aromatic nitrogens is 1. The van der Waals surface area contributed by atoms with Gasteiger partial charge >= 0.3 is 0 Å². The van der Waals surface area contributed by atoms with Crippen molar-refractivity contribution >= 4 is 40.4 Å². The Bertz CT molecular complexity index is 449. The fourth-order valence-corrected chi connectivity index (χ4v) is 2.43. The predicted molar refractivity (Wildman–Crippen MR) is 65.2 cm³/mol. The first kappa shape index (κ1) is 11.0. The number of allylic oxidation sites excluding steroid dienone is 4. The average molecular weight is 261 g/mol. The number of hydrogen-bond donors (Lipinski definition) is 0. The molecule has 0 N–H and O–H groups in total. The maximum absolute atomic E-state index is 6.15. The van der Waals surface area contributed by atoms with Crippen molar-refractivity contribution in [3.05, 3.63) is 45.2 Å². The molecule has 1 aromatic heterocycles. The first-order valence-electron chi connectivity index (χ1n) is 4.55. The lowest BCUT2D eigenvalue weighted by Gasteiger charge is -2.15. The van der Waals surface area contributed by atoms with Crippen LogP contribution in [0.15, 0.2) is 34.5 Å². The van der Waals surface area contributed by atoms with Gasteiger partial charge in [0.05, 0.1) is 0 Å². The molecule has 1 aliphatic carbocycles. The summed E-state index contributed by atoms with van der Waals surface area (Å²) in [5.74, 6) is 0. The Labute approximate surface area is 103 Å². The van der Waals surface area contributed by atoms with Gasteiger partial charge in [0.1, 0.15) is 5.15 Å². The first-order valence-corrected chi connectivity index (χ1v) is 5.69. The van der Waals surface area contributed by atoms with Crippen LogP contribution in [0.3, 0.4) is 0 Å². The Morgan fingerprint density at radius 2 is 2.00 bits per heavy atom. The van der Waals surface area contributed by atoms with E-state index in [1.54, 1.807) is 6.20 Å². The first-order chi connectivity index (χ1) is 7.20. The molecule has 0 bridgehead atoms. The van der Waals surface area contributed by atoms with Crippen LogP contribution in [0.4, 0.5) is 0 Å². The molecule has 0 spiro atoms. The van der Waals surface area contributed by atoms with E-state index >= 15 is 0 Å². The highest BCUT2D eigenvalue weighted by Gasteiger charge is 2.17. The average Bonchev–Trinajstić information content (AvgIpc) is 2.20. The largest absolute Gasteiger partial charge is 0.244 e. The van der Waals surface area contributed by atoms with Crippen LogP contribution in [-0.4, -0.2) is 4.98 Å². The van der Waals surface area contributed by atoms with Gasteiger partial charge in [-0.1, -0.05) is 40.9 Å². The molecule has 1 aliphatic rings. The Balaban J connectivity index is 2.55. The second-order valence-electron chi connectivity index (χ2n) is 3.21. The van der Waals surface area contributed by atoms with Gasteiger partial charge in [-0.05, 0) is 25.0 Å². The molecule has 0 amide bonds. The fraction of sp³-hybridized carbons (Fsp3) is 0.182. The molecule has 0 aliphatic heterocycles. The Morgan fingerprint density at radius 1 is 1.20 bits per heavy atom. The van der Waals surface area contributed by atoms with Gasteiger partial charge < -0.3 is 0 Å². The molecule has 0 aromatic carbocycles. The lowest BCUT2D eigenvalue weighted by atomic mass is 10.0. The molecule has 0 unspecified atom stereocenters. The topological polar surface area (TPSA) is 12.9 Å². The van der Waals surface area contributed by atoms with Crippen molar-refractivity contribution in [3.8, 4) is 0 Å². The van der Waals surface area contributed by atoms with Crippen LogP contribution < -0.4 is 0 Å². The smallest absolute Gasteiger partial charge is 0.136 e. The van der Waals surface area contributed by atoms with Crippen molar-refractivity contribution in [2.75, 3.05) is 0 Å². The van der Waals surface area contributed by atoms with Gasteiger partial charge in [-0.25, -0.2) is 4.98 Å². The monoisotopic (exact) mass is 259 g/mol. The highest BCUT2D eigenvalue weighted by atomic mass is 35.5. The molecule has 0 fully saturated rings. The number of pyridine rings is 1. The molecular weight excluding hydrogens is 252 g/mol. The van der Waals surface area contributed by atoms with Crippen molar-refractivity contribution in [2.45, 2.75) is 12.8 Å². The third-order valence-electron chi connectivity index (χ3n) is 2.23. The lowest BCUT2D eigenvalue weighted by Crippen LogP contribution is -1.95. The minimum Gasteiger partial charge on any atom is -0.244 e. The molecule has 0 radical (unpaired) electrons. The lowest BCUT2D eigenvalue weighted by molar-refractivity contribution is 1.02. The number of nitrogens with zero attached hydrogens (tertiary/aromatic N) is 1. The zero-order valence-corrected chi connectivity index (χ0v) is 10.1. The van der Waals surface area contributed by atoms with Gasteiger partial charge in [0, 0.05) is 27.4 Å². The van der Waals surface area contributed by atoms with Gasteiger partial charge in [0.2, 0.25) is 0 Å². The summed E-state index contributed by atoms with van der Waals surface area (Å²) in [7, 11) is 0. The van der Waals surface area contributed by atoms with Gasteiger partial charge in [-0.3, -0.25) is 0 Å².